The number of nitrogens with zero attached hydrogens (tertiary/aromatic N) is 1. The molecule has 2 atom stereocenters. The van der Waals surface area contributed by atoms with Gasteiger partial charge in [-0.2, -0.15) is 5.90 Å². The second kappa shape index (κ2) is 4.17. The van der Waals surface area contributed by atoms with Gasteiger partial charge in [0.15, 0.2) is 5.75 Å². The van der Waals surface area contributed by atoms with Crippen LogP contribution < -0.4 is 10.7 Å². The van der Waals surface area contributed by atoms with Crippen molar-refractivity contribution in [3.63, 3.8) is 0 Å². The molecular weight excluding hydrogens is 252 g/mol. The molecule has 1 aromatic carbocycles. The number of hydrogen-bond acceptors (Lipinski definition) is 4. The molecule has 1 aliphatic carbocycles. The van der Waals surface area contributed by atoms with E-state index in [1.165, 1.54) is 12.0 Å². The Morgan fingerprint density at radius 1 is 1.40 bits per heavy atom. The first-order chi connectivity index (χ1) is 9.73. The summed E-state index contributed by atoms with van der Waals surface area (Å²) in [6.07, 6.45) is 2.35. The van der Waals surface area contributed by atoms with Gasteiger partial charge < -0.3 is 9.57 Å². The summed E-state index contributed by atoms with van der Waals surface area (Å²) in [6, 6.07) is 8.38. The Morgan fingerprint density at radius 2 is 2.30 bits per heavy atom. The summed E-state index contributed by atoms with van der Waals surface area (Å²) in [5, 5.41) is 1.00. The molecule has 2 aliphatic rings. The van der Waals surface area contributed by atoms with E-state index in [2.05, 4.69) is 23.2 Å². The summed E-state index contributed by atoms with van der Waals surface area (Å²) < 4.78 is 5.56. The lowest BCUT2D eigenvalue weighted by molar-refractivity contribution is 0.0803. The fourth-order valence-corrected chi connectivity index (χ4v) is 3.61. The van der Waals surface area contributed by atoms with Crippen molar-refractivity contribution in [1.29, 1.82) is 0 Å². The second-order valence-corrected chi connectivity index (χ2v) is 5.99. The summed E-state index contributed by atoms with van der Waals surface area (Å²) >= 11 is 0. The molecule has 0 amide bonds. The summed E-state index contributed by atoms with van der Waals surface area (Å²) in [4.78, 5) is 9.58. The van der Waals surface area contributed by atoms with Crippen molar-refractivity contribution in [3.05, 3.63) is 35.5 Å². The number of aryl methyl sites for hydroxylation is 1. The van der Waals surface area contributed by atoms with Gasteiger partial charge in [0, 0.05) is 29.2 Å². The van der Waals surface area contributed by atoms with Gasteiger partial charge in [-0.15, -0.1) is 0 Å². The van der Waals surface area contributed by atoms with Gasteiger partial charge in [-0.1, -0.05) is 6.07 Å². The zero-order valence-electron chi connectivity index (χ0n) is 11.6. The lowest BCUT2D eigenvalue weighted by Crippen LogP contribution is -2.21. The van der Waals surface area contributed by atoms with E-state index in [1.54, 1.807) is 0 Å². The Bertz CT molecular complexity index is 685. The number of benzene rings is 1. The lowest BCUT2D eigenvalue weighted by Gasteiger charge is -2.23. The van der Waals surface area contributed by atoms with Crippen LogP contribution in [-0.4, -0.2) is 18.2 Å². The molecule has 1 saturated carbocycles. The van der Waals surface area contributed by atoms with E-state index in [-0.39, 0.29) is 0 Å². The fraction of sp³-hybridized carbons (Fsp3) is 0.438. The summed E-state index contributed by atoms with van der Waals surface area (Å²) in [5.74, 6) is 6.79. The van der Waals surface area contributed by atoms with Crippen LogP contribution in [0.5, 0.6) is 5.75 Å². The molecule has 0 spiro atoms. The monoisotopic (exact) mass is 270 g/mol. The molecule has 4 nitrogen and oxygen atoms in total. The van der Waals surface area contributed by atoms with Gasteiger partial charge in [0.1, 0.15) is 0 Å². The van der Waals surface area contributed by atoms with Gasteiger partial charge in [-0.05, 0) is 43.4 Å². The van der Waals surface area contributed by atoms with Crippen LogP contribution in [0.2, 0.25) is 0 Å². The highest BCUT2D eigenvalue weighted by Crippen LogP contribution is 2.59. The maximum absolute atomic E-state index is 5.56. The quantitative estimate of drug-likeness (QED) is 0.852. The Hall–Kier alpha value is -1.65. The van der Waals surface area contributed by atoms with Crippen molar-refractivity contribution < 1.29 is 9.57 Å². The van der Waals surface area contributed by atoms with Crippen molar-refractivity contribution in [1.82, 2.24) is 4.98 Å². The van der Waals surface area contributed by atoms with Crippen molar-refractivity contribution >= 4 is 10.9 Å². The second-order valence-electron chi connectivity index (χ2n) is 5.99. The van der Waals surface area contributed by atoms with Crippen molar-refractivity contribution in [3.8, 4) is 5.75 Å². The van der Waals surface area contributed by atoms with E-state index in [9.17, 15) is 0 Å². The van der Waals surface area contributed by atoms with Crippen LogP contribution in [0.1, 0.15) is 24.1 Å². The average Bonchev–Trinajstić information content (AvgIpc) is 3.21. The molecule has 4 heteroatoms. The third-order valence-corrected chi connectivity index (χ3v) is 4.84. The van der Waals surface area contributed by atoms with Crippen LogP contribution >= 0.6 is 0 Å². The molecule has 1 aromatic heterocycles. The van der Waals surface area contributed by atoms with E-state index < -0.39 is 0 Å². The molecule has 0 radical (unpaired) electrons. The predicted octanol–water partition coefficient (Wildman–Crippen LogP) is 2.47. The highest BCUT2D eigenvalue weighted by atomic mass is 16.6. The van der Waals surface area contributed by atoms with Crippen LogP contribution in [0.3, 0.4) is 0 Å². The van der Waals surface area contributed by atoms with Gasteiger partial charge >= 0.3 is 0 Å². The Labute approximate surface area is 117 Å². The first kappa shape index (κ1) is 12.1. The number of pyridine rings is 1. The number of hydrogen-bond donors (Lipinski definition) is 1. The number of aromatic nitrogens is 1. The topological polar surface area (TPSA) is 57.4 Å². The number of nitrogens with two attached hydrogens (primary N) is 1. The normalized spacial score (nSPS) is 28.2. The molecule has 1 aliphatic heterocycles. The Morgan fingerprint density at radius 3 is 3.10 bits per heavy atom. The van der Waals surface area contributed by atoms with Gasteiger partial charge in [0.05, 0.1) is 12.1 Å². The number of fused-ring (bicyclic) bond motifs is 2. The minimum absolute atomic E-state index is 0.323. The Balaban J connectivity index is 1.85. The molecule has 2 aromatic rings. The van der Waals surface area contributed by atoms with E-state index in [4.69, 9.17) is 15.5 Å². The maximum Gasteiger partial charge on any atom is 0.158 e. The van der Waals surface area contributed by atoms with Crippen LogP contribution in [0.15, 0.2) is 24.3 Å². The smallest absolute Gasteiger partial charge is 0.158 e. The molecule has 1 saturated heterocycles. The zero-order valence-corrected chi connectivity index (χ0v) is 11.6. The first-order valence-electron chi connectivity index (χ1n) is 7.09. The summed E-state index contributed by atoms with van der Waals surface area (Å²) in [7, 11) is 0. The predicted molar refractivity (Wildman–Crippen MR) is 76.5 cm³/mol. The molecule has 0 bridgehead atoms. The average molecular weight is 270 g/mol. The van der Waals surface area contributed by atoms with Crippen molar-refractivity contribution in [2.75, 3.05) is 13.2 Å². The van der Waals surface area contributed by atoms with Crippen molar-refractivity contribution in [2.45, 2.75) is 25.2 Å². The van der Waals surface area contributed by atoms with Gasteiger partial charge in [0.2, 0.25) is 0 Å². The van der Waals surface area contributed by atoms with E-state index >= 15 is 0 Å². The third-order valence-electron chi connectivity index (χ3n) is 4.84. The molecule has 2 heterocycles. The zero-order chi connectivity index (χ0) is 13.7. The highest BCUT2D eigenvalue weighted by molar-refractivity contribution is 5.86. The van der Waals surface area contributed by atoms with Gasteiger partial charge in [0.25, 0.3) is 0 Å². The minimum Gasteiger partial charge on any atom is -0.411 e. The summed E-state index contributed by atoms with van der Waals surface area (Å²) in [5.41, 5.74) is 3.56. The molecule has 2 N–H and O–H groups in total. The number of ether oxygens (including phenoxy) is 1. The molecule has 20 heavy (non-hydrogen) atoms. The lowest BCUT2D eigenvalue weighted by atomic mass is 9.88. The van der Waals surface area contributed by atoms with Crippen LogP contribution in [0.25, 0.3) is 10.9 Å². The largest absolute Gasteiger partial charge is 0.411 e. The van der Waals surface area contributed by atoms with Gasteiger partial charge in [-0.3, -0.25) is 4.98 Å². The van der Waals surface area contributed by atoms with Crippen LogP contribution in [0.4, 0.5) is 0 Å². The third kappa shape index (κ3) is 1.65. The molecule has 4 rings (SSSR count). The van der Waals surface area contributed by atoms with Gasteiger partial charge in [-0.25, -0.2) is 0 Å². The highest BCUT2D eigenvalue weighted by Gasteiger charge is 2.56. The summed E-state index contributed by atoms with van der Waals surface area (Å²) in [6.45, 7) is 3.70. The molecule has 2 fully saturated rings. The Kier molecular flexibility index (Phi) is 2.53. The number of rotatable bonds is 2. The SMILES string of the molecule is Cc1cc(ON)c2cc(C34CCOC[C@@H]3C4)ccc2n1. The molecule has 1 unspecified atom stereocenters. The fourth-order valence-electron chi connectivity index (χ4n) is 3.61. The van der Waals surface area contributed by atoms with E-state index in [0.717, 1.165) is 36.2 Å². The van der Waals surface area contributed by atoms with Crippen LogP contribution in [-0.2, 0) is 10.2 Å². The molecular formula is C16H18N2O2. The molecule has 104 valence electrons. The standard InChI is InChI=1S/C16H18N2O2/c1-10-6-15(20-17)13-7-11(2-3-14(13)18-10)16-4-5-19-9-12(16)8-16/h2-3,6-7,12H,4-5,8-9,17H2,1H3/t12-,16?/m0/s1. The van der Waals surface area contributed by atoms with E-state index in [1.807, 2.05) is 13.0 Å². The first-order valence-corrected chi connectivity index (χ1v) is 7.09. The van der Waals surface area contributed by atoms with E-state index in [0.29, 0.717) is 17.1 Å². The minimum atomic E-state index is 0.323. The van der Waals surface area contributed by atoms with Crippen molar-refractivity contribution in [2.24, 2.45) is 11.8 Å². The van der Waals surface area contributed by atoms with Crippen LogP contribution in [0, 0.1) is 12.8 Å². The maximum atomic E-state index is 5.56.